The van der Waals surface area contributed by atoms with E-state index in [1.807, 2.05) is 49.3 Å². The van der Waals surface area contributed by atoms with Gasteiger partial charge in [0, 0.05) is 14.1 Å². The first-order valence-corrected chi connectivity index (χ1v) is 5.46. The van der Waals surface area contributed by atoms with Crippen molar-refractivity contribution < 1.29 is 4.39 Å². The normalized spacial score (nSPS) is 10.1. The van der Waals surface area contributed by atoms with E-state index in [-0.39, 0.29) is 5.82 Å². The fraction of sp³-hybridized carbons (Fsp3) is 0.143. The molecule has 2 aromatic rings. The Kier molecular flexibility index (Phi) is 3.28. The van der Waals surface area contributed by atoms with E-state index in [1.54, 1.807) is 12.1 Å². The van der Waals surface area contributed by atoms with Gasteiger partial charge >= 0.3 is 0 Å². The molecule has 1 N–H and O–H groups in total. The monoisotopic (exact) mass is 230 g/mol. The van der Waals surface area contributed by atoms with Crippen molar-refractivity contribution in [1.29, 1.82) is 0 Å². The van der Waals surface area contributed by atoms with Crippen molar-refractivity contribution in [3.05, 3.63) is 54.3 Å². The Morgan fingerprint density at radius 1 is 0.882 bits per heavy atom. The lowest BCUT2D eigenvalue weighted by Gasteiger charge is -2.18. The Morgan fingerprint density at radius 2 is 1.47 bits per heavy atom. The number of nitrogens with one attached hydrogen (secondary N) is 1. The molecule has 0 saturated heterocycles. The van der Waals surface area contributed by atoms with Crippen LogP contribution in [0.3, 0.4) is 0 Å². The second-order valence-corrected chi connectivity index (χ2v) is 4.02. The smallest absolute Gasteiger partial charge is 0.146 e. The van der Waals surface area contributed by atoms with E-state index < -0.39 is 0 Å². The average molecular weight is 230 g/mol. The summed E-state index contributed by atoms with van der Waals surface area (Å²) >= 11 is 0. The fourth-order valence-electron chi connectivity index (χ4n) is 1.68. The number of halogens is 1. The first-order valence-electron chi connectivity index (χ1n) is 5.46. The van der Waals surface area contributed by atoms with E-state index in [2.05, 4.69) is 5.32 Å². The van der Waals surface area contributed by atoms with Crippen LogP contribution in [0.2, 0.25) is 0 Å². The predicted molar refractivity (Wildman–Crippen MR) is 70.5 cm³/mol. The topological polar surface area (TPSA) is 15.3 Å². The summed E-state index contributed by atoms with van der Waals surface area (Å²) in [5.74, 6) is -0.249. The molecule has 2 nitrogen and oxygen atoms in total. The Morgan fingerprint density at radius 3 is 2.12 bits per heavy atom. The molecule has 0 aliphatic carbocycles. The van der Waals surface area contributed by atoms with E-state index in [9.17, 15) is 4.39 Å². The lowest BCUT2D eigenvalue weighted by molar-refractivity contribution is 0.632. The van der Waals surface area contributed by atoms with Crippen molar-refractivity contribution in [2.24, 2.45) is 0 Å². The lowest BCUT2D eigenvalue weighted by Crippen LogP contribution is -2.10. The summed E-state index contributed by atoms with van der Waals surface area (Å²) in [6.07, 6.45) is 0. The van der Waals surface area contributed by atoms with E-state index in [0.717, 1.165) is 11.4 Å². The minimum absolute atomic E-state index is 0.249. The van der Waals surface area contributed by atoms with Gasteiger partial charge in [0.05, 0.1) is 17.1 Å². The van der Waals surface area contributed by atoms with Crippen LogP contribution in [0.5, 0.6) is 0 Å². The summed E-state index contributed by atoms with van der Waals surface area (Å²) in [7, 11) is 3.92. The highest BCUT2D eigenvalue weighted by Crippen LogP contribution is 2.28. The van der Waals surface area contributed by atoms with Crippen molar-refractivity contribution in [2.75, 3.05) is 24.3 Å². The Labute approximate surface area is 101 Å². The molecule has 0 aliphatic rings. The van der Waals surface area contributed by atoms with Crippen LogP contribution >= 0.6 is 0 Å². The van der Waals surface area contributed by atoms with Crippen molar-refractivity contribution in [3.63, 3.8) is 0 Å². The van der Waals surface area contributed by atoms with Gasteiger partial charge in [-0.25, -0.2) is 4.39 Å². The molecule has 0 amide bonds. The molecule has 17 heavy (non-hydrogen) atoms. The van der Waals surface area contributed by atoms with Crippen LogP contribution in [0.25, 0.3) is 0 Å². The van der Waals surface area contributed by atoms with Gasteiger partial charge in [0.15, 0.2) is 0 Å². The third kappa shape index (κ3) is 2.56. The molecule has 0 unspecified atom stereocenters. The molecule has 0 aliphatic heterocycles. The molecule has 0 aromatic heterocycles. The van der Waals surface area contributed by atoms with Gasteiger partial charge in [-0.1, -0.05) is 24.3 Å². The Balaban J connectivity index is 2.34. The van der Waals surface area contributed by atoms with Crippen molar-refractivity contribution in [1.82, 2.24) is 0 Å². The number of para-hydroxylation sites is 3. The zero-order valence-electron chi connectivity index (χ0n) is 9.94. The number of hydrogen-bond donors (Lipinski definition) is 1. The van der Waals surface area contributed by atoms with Gasteiger partial charge in [0.1, 0.15) is 5.82 Å². The third-order valence-electron chi connectivity index (χ3n) is 2.53. The van der Waals surface area contributed by atoms with Gasteiger partial charge in [-0.05, 0) is 24.3 Å². The molecule has 0 saturated carbocycles. The molecule has 2 rings (SSSR count). The molecule has 0 atom stereocenters. The second-order valence-electron chi connectivity index (χ2n) is 4.02. The Bertz CT molecular complexity index is 509. The maximum Gasteiger partial charge on any atom is 0.146 e. The van der Waals surface area contributed by atoms with Crippen LogP contribution in [0, 0.1) is 5.82 Å². The van der Waals surface area contributed by atoms with Gasteiger partial charge in [-0.2, -0.15) is 0 Å². The predicted octanol–water partition coefficient (Wildman–Crippen LogP) is 3.64. The molecule has 0 bridgehead atoms. The van der Waals surface area contributed by atoms with Crippen molar-refractivity contribution in [2.45, 2.75) is 0 Å². The van der Waals surface area contributed by atoms with Gasteiger partial charge in [-0.15, -0.1) is 0 Å². The minimum atomic E-state index is -0.249. The maximum absolute atomic E-state index is 13.5. The van der Waals surface area contributed by atoms with Gasteiger partial charge < -0.3 is 10.2 Å². The summed E-state index contributed by atoms with van der Waals surface area (Å²) in [6.45, 7) is 0. The fourth-order valence-corrected chi connectivity index (χ4v) is 1.68. The summed E-state index contributed by atoms with van der Waals surface area (Å²) < 4.78 is 13.5. The summed E-state index contributed by atoms with van der Waals surface area (Å²) in [4.78, 5) is 1.99. The van der Waals surface area contributed by atoms with Crippen LogP contribution < -0.4 is 10.2 Å². The summed E-state index contributed by atoms with van der Waals surface area (Å²) in [6, 6.07) is 14.5. The van der Waals surface area contributed by atoms with Gasteiger partial charge in [-0.3, -0.25) is 0 Å². The molecule has 88 valence electrons. The summed E-state index contributed by atoms with van der Waals surface area (Å²) in [5, 5.41) is 3.11. The molecule has 2 aromatic carbocycles. The van der Waals surface area contributed by atoms with Gasteiger partial charge in [0.25, 0.3) is 0 Å². The zero-order chi connectivity index (χ0) is 12.3. The maximum atomic E-state index is 13.5. The van der Waals surface area contributed by atoms with Crippen LogP contribution in [0.15, 0.2) is 48.5 Å². The second kappa shape index (κ2) is 4.87. The quantitative estimate of drug-likeness (QED) is 0.866. The summed E-state index contributed by atoms with van der Waals surface area (Å²) in [5.41, 5.74) is 2.40. The average Bonchev–Trinajstić information content (AvgIpc) is 2.32. The molecule has 3 heteroatoms. The SMILES string of the molecule is CN(C)c1ccccc1Nc1ccccc1F. The van der Waals surface area contributed by atoms with E-state index >= 15 is 0 Å². The van der Waals surface area contributed by atoms with E-state index in [1.165, 1.54) is 6.07 Å². The highest BCUT2D eigenvalue weighted by molar-refractivity contribution is 5.74. The standard InChI is InChI=1S/C14H15FN2/c1-17(2)14-10-6-5-9-13(14)16-12-8-4-3-7-11(12)15/h3-10,16H,1-2H3. The molecule has 0 fully saturated rings. The van der Waals surface area contributed by atoms with E-state index in [0.29, 0.717) is 5.69 Å². The van der Waals surface area contributed by atoms with Crippen LogP contribution in [0.4, 0.5) is 21.5 Å². The van der Waals surface area contributed by atoms with E-state index in [4.69, 9.17) is 0 Å². The van der Waals surface area contributed by atoms with Gasteiger partial charge in [0.2, 0.25) is 0 Å². The number of rotatable bonds is 3. The molecular formula is C14H15FN2. The van der Waals surface area contributed by atoms with Crippen molar-refractivity contribution in [3.8, 4) is 0 Å². The number of anilines is 3. The molecule has 0 heterocycles. The van der Waals surface area contributed by atoms with Crippen molar-refractivity contribution >= 4 is 17.1 Å². The highest BCUT2D eigenvalue weighted by atomic mass is 19.1. The first-order chi connectivity index (χ1) is 8.18. The minimum Gasteiger partial charge on any atom is -0.376 e. The Hall–Kier alpha value is -2.03. The molecule has 0 radical (unpaired) electrons. The lowest BCUT2D eigenvalue weighted by atomic mass is 10.2. The number of hydrogen-bond acceptors (Lipinski definition) is 2. The number of nitrogens with zero attached hydrogens (tertiary/aromatic N) is 1. The molecular weight excluding hydrogens is 215 g/mol. The first kappa shape index (κ1) is 11.5. The van der Waals surface area contributed by atoms with Crippen LogP contribution in [-0.4, -0.2) is 14.1 Å². The molecule has 0 spiro atoms. The largest absolute Gasteiger partial charge is 0.376 e. The highest BCUT2D eigenvalue weighted by Gasteiger charge is 2.06. The zero-order valence-corrected chi connectivity index (χ0v) is 9.94. The van der Waals surface area contributed by atoms with Crippen LogP contribution in [0.1, 0.15) is 0 Å². The number of benzene rings is 2. The van der Waals surface area contributed by atoms with Crippen LogP contribution in [-0.2, 0) is 0 Å². The third-order valence-corrected chi connectivity index (χ3v) is 2.53.